The standard InChI is InChI=1S/C26H36ClNO3/c1-16(2)21-15-28(20-11-18(12-20)24(30)31)23(29)14-26(21,6)19-8-7-17(22(27)13-19)9-10-25(3,4)5/h7-8,13,15-16,18,20H,9-12,14H2,1-6H3,(H,30,31)/t18?,20?,26-/m0/s1. The minimum absolute atomic E-state index is 0.00439. The number of carbonyl (C=O) groups is 2. The SMILES string of the molecule is CC(C)C1=CN(C2CC(C(=O)O)C2)C(=O)C[C@@]1(C)c1ccc(CCC(C)(C)C)c(Cl)c1. The number of aryl methyl sites for hydroxylation is 1. The lowest BCUT2D eigenvalue weighted by atomic mass is 9.67. The molecule has 3 rings (SSSR count). The molecule has 5 heteroatoms. The number of amides is 1. The highest BCUT2D eigenvalue weighted by molar-refractivity contribution is 6.31. The first-order chi connectivity index (χ1) is 14.3. The monoisotopic (exact) mass is 445 g/mol. The Morgan fingerprint density at radius 1 is 1.29 bits per heavy atom. The molecule has 1 N–H and O–H groups in total. The summed E-state index contributed by atoms with van der Waals surface area (Å²) in [7, 11) is 0. The molecule has 1 aliphatic carbocycles. The average Bonchev–Trinajstić information content (AvgIpc) is 2.59. The number of rotatable bonds is 6. The minimum atomic E-state index is -0.764. The smallest absolute Gasteiger partial charge is 0.306 e. The summed E-state index contributed by atoms with van der Waals surface area (Å²) in [4.78, 5) is 26.1. The van der Waals surface area contributed by atoms with Gasteiger partial charge in [-0.1, -0.05) is 65.3 Å². The van der Waals surface area contributed by atoms with E-state index in [1.54, 1.807) is 4.90 Å². The van der Waals surface area contributed by atoms with Crippen molar-refractivity contribution in [2.24, 2.45) is 17.3 Å². The highest BCUT2D eigenvalue weighted by atomic mass is 35.5. The van der Waals surface area contributed by atoms with Gasteiger partial charge in [-0.2, -0.15) is 0 Å². The molecule has 1 aromatic rings. The van der Waals surface area contributed by atoms with E-state index in [1.807, 2.05) is 12.3 Å². The molecule has 0 aromatic heterocycles. The van der Waals surface area contributed by atoms with E-state index in [9.17, 15) is 14.7 Å². The van der Waals surface area contributed by atoms with Gasteiger partial charge >= 0.3 is 5.97 Å². The Balaban J connectivity index is 1.88. The summed E-state index contributed by atoms with van der Waals surface area (Å²) in [5.41, 5.74) is 3.26. The van der Waals surface area contributed by atoms with Gasteiger partial charge in [-0.15, -0.1) is 0 Å². The minimum Gasteiger partial charge on any atom is -0.481 e. The Morgan fingerprint density at radius 3 is 2.45 bits per heavy atom. The predicted molar refractivity (Wildman–Crippen MR) is 125 cm³/mol. The fourth-order valence-electron chi connectivity index (χ4n) is 4.84. The van der Waals surface area contributed by atoms with Crippen LogP contribution in [0.25, 0.3) is 0 Å². The summed E-state index contributed by atoms with van der Waals surface area (Å²) in [6.45, 7) is 13.1. The topological polar surface area (TPSA) is 57.6 Å². The fourth-order valence-corrected chi connectivity index (χ4v) is 5.12. The highest BCUT2D eigenvalue weighted by Gasteiger charge is 2.45. The van der Waals surface area contributed by atoms with Gasteiger partial charge in [0, 0.05) is 29.1 Å². The van der Waals surface area contributed by atoms with Crippen molar-refractivity contribution >= 4 is 23.5 Å². The van der Waals surface area contributed by atoms with Crippen LogP contribution < -0.4 is 0 Å². The Morgan fingerprint density at radius 2 is 1.94 bits per heavy atom. The first-order valence-electron chi connectivity index (χ1n) is 11.4. The highest BCUT2D eigenvalue weighted by Crippen LogP contribution is 2.46. The molecule has 1 fully saturated rings. The van der Waals surface area contributed by atoms with Crippen LogP contribution in [0.15, 0.2) is 30.0 Å². The lowest BCUT2D eigenvalue weighted by Gasteiger charge is -2.47. The number of carboxylic acids is 1. The largest absolute Gasteiger partial charge is 0.481 e. The van der Waals surface area contributed by atoms with E-state index >= 15 is 0 Å². The van der Waals surface area contributed by atoms with Crippen LogP contribution in [0, 0.1) is 17.3 Å². The van der Waals surface area contributed by atoms with E-state index in [0.29, 0.717) is 19.3 Å². The predicted octanol–water partition coefficient (Wildman–Crippen LogP) is 6.21. The summed E-state index contributed by atoms with van der Waals surface area (Å²) in [6, 6.07) is 6.29. The zero-order valence-corrected chi connectivity index (χ0v) is 20.4. The molecule has 1 atom stereocenters. The summed E-state index contributed by atoms with van der Waals surface area (Å²) < 4.78 is 0. The molecular weight excluding hydrogens is 410 g/mol. The van der Waals surface area contributed by atoms with E-state index < -0.39 is 11.4 Å². The summed E-state index contributed by atoms with van der Waals surface area (Å²) >= 11 is 6.69. The van der Waals surface area contributed by atoms with E-state index in [2.05, 4.69) is 53.7 Å². The van der Waals surface area contributed by atoms with Crippen LogP contribution in [0.1, 0.15) is 78.4 Å². The molecule has 2 aliphatic rings. The van der Waals surface area contributed by atoms with Crippen molar-refractivity contribution in [2.45, 2.75) is 85.1 Å². The molecule has 170 valence electrons. The van der Waals surface area contributed by atoms with Gasteiger partial charge in [0.05, 0.1) is 5.92 Å². The second-order valence-corrected chi connectivity index (χ2v) is 11.5. The van der Waals surface area contributed by atoms with Crippen LogP contribution in [0.2, 0.25) is 5.02 Å². The molecule has 0 bridgehead atoms. The first kappa shape index (κ1) is 23.8. The van der Waals surface area contributed by atoms with Gasteiger partial charge in [0.15, 0.2) is 0 Å². The molecule has 0 unspecified atom stereocenters. The second kappa shape index (κ2) is 8.61. The average molecular weight is 446 g/mol. The van der Waals surface area contributed by atoms with Crippen LogP contribution >= 0.6 is 11.6 Å². The molecule has 1 amide bonds. The van der Waals surface area contributed by atoms with Crippen LogP contribution in [-0.2, 0) is 21.4 Å². The maximum absolute atomic E-state index is 13.1. The van der Waals surface area contributed by atoms with Gasteiger partial charge in [-0.05, 0) is 59.8 Å². The van der Waals surface area contributed by atoms with Gasteiger partial charge in [0.2, 0.25) is 5.91 Å². The maximum atomic E-state index is 13.1. The van der Waals surface area contributed by atoms with Crippen molar-refractivity contribution in [3.8, 4) is 0 Å². The zero-order valence-electron chi connectivity index (χ0n) is 19.7. The fraction of sp³-hybridized carbons (Fsp3) is 0.615. The molecule has 0 radical (unpaired) electrons. The Hall–Kier alpha value is -1.81. The van der Waals surface area contributed by atoms with Gasteiger partial charge in [-0.25, -0.2) is 0 Å². The Kier molecular flexibility index (Phi) is 6.63. The number of hydrogen-bond donors (Lipinski definition) is 1. The van der Waals surface area contributed by atoms with Crippen molar-refractivity contribution in [1.29, 1.82) is 0 Å². The van der Waals surface area contributed by atoms with Gasteiger partial charge < -0.3 is 10.0 Å². The summed E-state index contributed by atoms with van der Waals surface area (Å²) in [5.74, 6) is -0.773. The van der Waals surface area contributed by atoms with Crippen LogP contribution in [0.5, 0.6) is 0 Å². The number of aliphatic carboxylic acids is 1. The normalized spacial score (nSPS) is 26.6. The van der Waals surface area contributed by atoms with Crippen molar-refractivity contribution in [3.05, 3.63) is 46.1 Å². The second-order valence-electron chi connectivity index (χ2n) is 11.1. The third-order valence-corrected chi connectivity index (χ3v) is 7.37. The Bertz CT molecular complexity index is 892. The molecule has 4 nitrogen and oxygen atoms in total. The third-order valence-electron chi connectivity index (χ3n) is 7.02. The quantitative estimate of drug-likeness (QED) is 0.566. The number of halogens is 1. The number of carboxylic acid groups (broad SMARTS) is 1. The number of nitrogens with zero attached hydrogens (tertiary/aromatic N) is 1. The van der Waals surface area contributed by atoms with Crippen LogP contribution in [0.4, 0.5) is 0 Å². The molecule has 31 heavy (non-hydrogen) atoms. The molecule has 0 spiro atoms. The third kappa shape index (κ3) is 5.00. The molecule has 0 saturated heterocycles. The summed E-state index contributed by atoms with van der Waals surface area (Å²) in [6.07, 6.45) is 5.45. The van der Waals surface area contributed by atoms with Crippen molar-refractivity contribution in [2.75, 3.05) is 0 Å². The number of carbonyl (C=O) groups excluding carboxylic acids is 1. The molecule has 1 aliphatic heterocycles. The maximum Gasteiger partial charge on any atom is 0.306 e. The zero-order chi connectivity index (χ0) is 23.1. The lowest BCUT2D eigenvalue weighted by molar-refractivity contribution is -0.150. The van der Waals surface area contributed by atoms with Crippen molar-refractivity contribution in [1.82, 2.24) is 4.90 Å². The molecule has 1 heterocycles. The molecular formula is C26H36ClNO3. The Labute approximate surface area is 191 Å². The van der Waals surface area contributed by atoms with E-state index in [-0.39, 0.29) is 29.2 Å². The number of hydrogen-bond acceptors (Lipinski definition) is 2. The molecule has 1 aromatic carbocycles. The van der Waals surface area contributed by atoms with Crippen LogP contribution in [0.3, 0.4) is 0 Å². The van der Waals surface area contributed by atoms with E-state index in [0.717, 1.165) is 29.0 Å². The van der Waals surface area contributed by atoms with E-state index in [1.165, 1.54) is 5.57 Å². The number of benzene rings is 1. The van der Waals surface area contributed by atoms with E-state index in [4.69, 9.17) is 11.6 Å². The summed E-state index contributed by atoms with van der Waals surface area (Å²) in [5, 5.41) is 9.95. The van der Waals surface area contributed by atoms with Crippen molar-refractivity contribution in [3.63, 3.8) is 0 Å². The first-order valence-corrected chi connectivity index (χ1v) is 11.7. The molecule has 1 saturated carbocycles. The van der Waals surface area contributed by atoms with Gasteiger partial charge in [0.25, 0.3) is 0 Å². The van der Waals surface area contributed by atoms with Crippen LogP contribution in [-0.4, -0.2) is 27.9 Å². The lowest BCUT2D eigenvalue weighted by Crippen LogP contribution is -2.51. The van der Waals surface area contributed by atoms with Gasteiger partial charge in [-0.3, -0.25) is 9.59 Å². The number of allylic oxidation sites excluding steroid dienone is 1. The van der Waals surface area contributed by atoms with Crippen molar-refractivity contribution < 1.29 is 14.7 Å². The van der Waals surface area contributed by atoms with Gasteiger partial charge in [0.1, 0.15) is 0 Å².